The Balaban J connectivity index is 2.01. The van der Waals surface area contributed by atoms with Crippen molar-refractivity contribution < 1.29 is 4.79 Å². The molecular weight excluding hydrogens is 320 g/mol. The van der Waals surface area contributed by atoms with E-state index in [1.807, 2.05) is 42.6 Å². The maximum atomic E-state index is 11.5. The second kappa shape index (κ2) is 6.72. The van der Waals surface area contributed by atoms with Crippen molar-refractivity contribution in [2.45, 2.75) is 13.8 Å². The van der Waals surface area contributed by atoms with Gasteiger partial charge in [-0.3, -0.25) is 4.79 Å². The predicted octanol–water partition coefficient (Wildman–Crippen LogP) is 4.46. The van der Waals surface area contributed by atoms with Crippen LogP contribution >= 0.6 is 11.3 Å². The Morgan fingerprint density at radius 3 is 2.75 bits per heavy atom. The maximum absolute atomic E-state index is 11.5. The Kier molecular flexibility index (Phi) is 4.48. The molecule has 3 rings (SSSR count). The molecule has 5 nitrogen and oxygen atoms in total. The second-order valence-electron chi connectivity index (χ2n) is 5.29. The van der Waals surface area contributed by atoms with E-state index in [9.17, 15) is 4.79 Å². The molecule has 120 valence electrons. The van der Waals surface area contributed by atoms with E-state index in [1.54, 1.807) is 17.4 Å². The quantitative estimate of drug-likeness (QED) is 0.533. The molecule has 0 saturated carbocycles. The van der Waals surface area contributed by atoms with Gasteiger partial charge in [0.1, 0.15) is 11.5 Å². The third-order valence-electron chi connectivity index (χ3n) is 3.50. The van der Waals surface area contributed by atoms with Crippen molar-refractivity contribution in [3.63, 3.8) is 0 Å². The van der Waals surface area contributed by atoms with E-state index in [1.165, 1.54) is 13.1 Å². The van der Waals surface area contributed by atoms with E-state index in [0.717, 1.165) is 33.3 Å². The number of carbonyl (C=O) groups is 1. The Hall–Kier alpha value is -2.86. The topological polar surface area (TPSA) is 78.7 Å². The number of pyridine rings is 1. The maximum Gasteiger partial charge on any atom is 0.178 e. The lowest BCUT2D eigenvalue weighted by Crippen LogP contribution is -1.99. The average molecular weight is 336 g/mol. The fraction of sp³-hybridized carbons (Fsp3) is 0.111. The number of aryl methyl sites for hydroxylation is 1. The molecule has 6 heteroatoms. The molecule has 0 fully saturated rings. The van der Waals surface area contributed by atoms with E-state index in [-0.39, 0.29) is 5.78 Å². The standard InChI is InChI=1S/C18H16N4OS/c1-11(23)15-4-3-5-16(21-15)13-6-7-14(9-19)17(8-13)22-18-10-24-12(2)20-18/h3-10,19,22H,1-2H3. The normalized spacial score (nSPS) is 10.4. The van der Waals surface area contributed by atoms with Crippen LogP contribution in [0.1, 0.15) is 28.0 Å². The molecule has 0 aliphatic rings. The minimum atomic E-state index is -0.0655. The van der Waals surface area contributed by atoms with Crippen LogP contribution in [-0.4, -0.2) is 22.0 Å². The Labute approximate surface area is 143 Å². The third kappa shape index (κ3) is 3.38. The molecule has 0 saturated heterocycles. The van der Waals surface area contributed by atoms with Crippen LogP contribution < -0.4 is 5.32 Å². The molecular formula is C18H16N4OS. The molecule has 0 spiro atoms. The molecule has 0 radical (unpaired) electrons. The largest absolute Gasteiger partial charge is 0.339 e. The zero-order valence-corrected chi connectivity index (χ0v) is 14.1. The number of aromatic nitrogens is 2. The Bertz CT molecular complexity index is 917. The van der Waals surface area contributed by atoms with E-state index in [0.29, 0.717) is 5.69 Å². The fourth-order valence-electron chi connectivity index (χ4n) is 2.30. The zero-order chi connectivity index (χ0) is 17.1. The lowest BCUT2D eigenvalue weighted by Gasteiger charge is -2.10. The Morgan fingerprint density at radius 2 is 2.08 bits per heavy atom. The van der Waals surface area contributed by atoms with Crippen molar-refractivity contribution >= 4 is 34.8 Å². The summed E-state index contributed by atoms with van der Waals surface area (Å²) in [6.45, 7) is 3.45. The van der Waals surface area contributed by atoms with Crippen LogP contribution in [0.5, 0.6) is 0 Å². The Morgan fingerprint density at radius 1 is 1.25 bits per heavy atom. The van der Waals surface area contributed by atoms with Gasteiger partial charge in [0.05, 0.1) is 10.7 Å². The molecule has 0 aliphatic carbocycles. The van der Waals surface area contributed by atoms with Crippen LogP contribution in [-0.2, 0) is 0 Å². The number of carbonyl (C=O) groups excluding carboxylic acids is 1. The van der Waals surface area contributed by atoms with Crippen molar-refractivity contribution in [1.29, 1.82) is 5.41 Å². The van der Waals surface area contributed by atoms with Gasteiger partial charge in [-0.2, -0.15) is 0 Å². The van der Waals surface area contributed by atoms with Gasteiger partial charge in [0, 0.05) is 35.3 Å². The number of nitrogens with one attached hydrogen (secondary N) is 2. The van der Waals surface area contributed by atoms with Crippen molar-refractivity contribution in [2.75, 3.05) is 5.32 Å². The van der Waals surface area contributed by atoms with Gasteiger partial charge in [-0.25, -0.2) is 9.97 Å². The summed E-state index contributed by atoms with van der Waals surface area (Å²) in [5.41, 5.74) is 3.57. The number of anilines is 2. The highest BCUT2D eigenvalue weighted by Gasteiger charge is 2.09. The third-order valence-corrected chi connectivity index (χ3v) is 4.27. The molecule has 1 aromatic carbocycles. The average Bonchev–Trinajstić information content (AvgIpc) is 3.00. The first kappa shape index (κ1) is 16.0. The highest BCUT2D eigenvalue weighted by molar-refractivity contribution is 7.09. The van der Waals surface area contributed by atoms with Gasteiger partial charge in [0.15, 0.2) is 5.78 Å². The summed E-state index contributed by atoms with van der Waals surface area (Å²) in [7, 11) is 0. The number of benzene rings is 1. The van der Waals surface area contributed by atoms with Crippen LogP contribution in [0.4, 0.5) is 11.5 Å². The molecule has 2 N–H and O–H groups in total. The summed E-state index contributed by atoms with van der Waals surface area (Å²) < 4.78 is 0. The van der Waals surface area contributed by atoms with Gasteiger partial charge >= 0.3 is 0 Å². The monoisotopic (exact) mass is 336 g/mol. The van der Waals surface area contributed by atoms with Crippen LogP contribution in [0.2, 0.25) is 0 Å². The van der Waals surface area contributed by atoms with Crippen LogP contribution in [0.3, 0.4) is 0 Å². The summed E-state index contributed by atoms with van der Waals surface area (Å²) in [5.74, 6) is 0.687. The summed E-state index contributed by atoms with van der Waals surface area (Å²) in [6, 6.07) is 11.1. The number of Topliss-reactive ketones (excluding diaryl/α,β-unsaturated/α-hetero) is 1. The lowest BCUT2D eigenvalue weighted by molar-refractivity contribution is 0.101. The fourth-order valence-corrected chi connectivity index (χ4v) is 2.84. The molecule has 0 bridgehead atoms. The van der Waals surface area contributed by atoms with Crippen LogP contribution in [0, 0.1) is 12.3 Å². The molecule has 0 amide bonds. The molecule has 3 aromatic rings. The first-order chi connectivity index (χ1) is 11.6. The van der Waals surface area contributed by atoms with Gasteiger partial charge in [-0.1, -0.05) is 18.2 Å². The number of ketones is 1. The second-order valence-corrected chi connectivity index (χ2v) is 6.35. The van der Waals surface area contributed by atoms with E-state index < -0.39 is 0 Å². The summed E-state index contributed by atoms with van der Waals surface area (Å²) in [5, 5.41) is 13.7. The van der Waals surface area contributed by atoms with Crippen molar-refractivity contribution in [2.24, 2.45) is 0 Å². The first-order valence-electron chi connectivity index (χ1n) is 7.39. The van der Waals surface area contributed by atoms with Crippen LogP contribution in [0.25, 0.3) is 11.3 Å². The molecule has 0 unspecified atom stereocenters. The molecule has 2 aromatic heterocycles. The predicted molar refractivity (Wildman–Crippen MR) is 97.7 cm³/mol. The minimum absolute atomic E-state index is 0.0655. The summed E-state index contributed by atoms with van der Waals surface area (Å²) >= 11 is 1.56. The van der Waals surface area contributed by atoms with E-state index in [4.69, 9.17) is 5.41 Å². The van der Waals surface area contributed by atoms with Crippen LogP contribution in [0.15, 0.2) is 41.8 Å². The summed E-state index contributed by atoms with van der Waals surface area (Å²) in [4.78, 5) is 20.3. The van der Waals surface area contributed by atoms with Gasteiger partial charge < -0.3 is 10.7 Å². The van der Waals surface area contributed by atoms with Crippen molar-refractivity contribution in [1.82, 2.24) is 9.97 Å². The molecule has 0 atom stereocenters. The molecule has 0 aliphatic heterocycles. The number of hydrogen-bond donors (Lipinski definition) is 2. The van der Waals surface area contributed by atoms with E-state index >= 15 is 0 Å². The van der Waals surface area contributed by atoms with Crippen molar-refractivity contribution in [3.05, 3.63) is 58.0 Å². The number of rotatable bonds is 5. The first-order valence-corrected chi connectivity index (χ1v) is 8.27. The highest BCUT2D eigenvalue weighted by Crippen LogP contribution is 2.27. The SMILES string of the molecule is CC(=O)c1cccc(-c2ccc(C=N)c(Nc3csc(C)n3)c2)n1. The molecule has 2 heterocycles. The summed E-state index contributed by atoms with van der Waals surface area (Å²) in [6.07, 6.45) is 1.30. The lowest BCUT2D eigenvalue weighted by atomic mass is 10.1. The smallest absolute Gasteiger partial charge is 0.178 e. The van der Waals surface area contributed by atoms with Crippen molar-refractivity contribution in [3.8, 4) is 11.3 Å². The molecule has 24 heavy (non-hydrogen) atoms. The number of hydrogen-bond acceptors (Lipinski definition) is 6. The van der Waals surface area contributed by atoms with E-state index in [2.05, 4.69) is 15.3 Å². The number of thiazole rings is 1. The minimum Gasteiger partial charge on any atom is -0.339 e. The van der Waals surface area contributed by atoms with Gasteiger partial charge in [-0.05, 0) is 25.1 Å². The van der Waals surface area contributed by atoms with Gasteiger partial charge in [0.25, 0.3) is 0 Å². The highest BCUT2D eigenvalue weighted by atomic mass is 32.1. The zero-order valence-electron chi connectivity index (χ0n) is 13.3. The van der Waals surface area contributed by atoms with Gasteiger partial charge in [0.2, 0.25) is 0 Å². The van der Waals surface area contributed by atoms with Gasteiger partial charge in [-0.15, -0.1) is 11.3 Å². The number of nitrogens with zero attached hydrogens (tertiary/aromatic N) is 2.